The highest BCUT2D eigenvalue weighted by Crippen LogP contribution is 2.23. The lowest BCUT2D eigenvalue weighted by Gasteiger charge is -2.25. The Kier molecular flexibility index (Phi) is 6.96. The molecule has 7 nitrogen and oxygen atoms in total. The lowest BCUT2D eigenvalue weighted by molar-refractivity contribution is -0.132. The molecule has 1 atom stereocenters. The van der Waals surface area contributed by atoms with E-state index in [0.717, 1.165) is 16.7 Å². The molecule has 1 unspecified atom stereocenters. The van der Waals surface area contributed by atoms with Crippen LogP contribution in [0.3, 0.4) is 0 Å². The van der Waals surface area contributed by atoms with Crippen molar-refractivity contribution in [1.29, 1.82) is 5.26 Å². The molecule has 0 saturated heterocycles. The van der Waals surface area contributed by atoms with Gasteiger partial charge in [0.25, 0.3) is 0 Å². The van der Waals surface area contributed by atoms with Crippen molar-refractivity contribution in [2.24, 2.45) is 0 Å². The van der Waals surface area contributed by atoms with E-state index in [9.17, 15) is 18.5 Å². The van der Waals surface area contributed by atoms with Gasteiger partial charge in [0.05, 0.1) is 4.90 Å². The van der Waals surface area contributed by atoms with Crippen LogP contribution in [0.2, 0.25) is 0 Å². The average molecular weight is 475 g/mol. The highest BCUT2D eigenvalue weighted by Gasteiger charge is 2.28. The summed E-state index contributed by atoms with van der Waals surface area (Å²) in [4.78, 5) is 15.0. The highest BCUT2D eigenvalue weighted by atomic mass is 32.2. The molecule has 1 amide bonds. The number of nitrogens with zero attached hydrogens (tertiary/aromatic N) is 3. The number of carbonyl (C=O) groups excluding carboxylic acids is 1. The Hall–Kier alpha value is -3.67. The number of fused-ring (bicyclic) bond motifs is 1. The molecule has 0 radical (unpaired) electrons. The van der Waals surface area contributed by atoms with Gasteiger partial charge in [-0.1, -0.05) is 48.6 Å². The van der Waals surface area contributed by atoms with Crippen LogP contribution in [0.15, 0.2) is 77.8 Å². The second kappa shape index (κ2) is 10.1. The second-order valence-corrected chi connectivity index (χ2v) is 10.0. The predicted molar refractivity (Wildman–Crippen MR) is 130 cm³/mol. The minimum absolute atomic E-state index is 0.136. The number of rotatable bonds is 9. The number of sulfonamides is 1. The molecule has 8 heteroatoms. The summed E-state index contributed by atoms with van der Waals surface area (Å²) >= 11 is 0. The molecule has 34 heavy (non-hydrogen) atoms. The molecule has 1 aliphatic rings. The Morgan fingerprint density at radius 1 is 1.18 bits per heavy atom. The van der Waals surface area contributed by atoms with Gasteiger partial charge in [-0.05, 0) is 53.8 Å². The summed E-state index contributed by atoms with van der Waals surface area (Å²) in [5.41, 5.74) is 3.35. The minimum Gasteiger partial charge on any atom is -0.340 e. The van der Waals surface area contributed by atoms with Gasteiger partial charge in [-0.15, -0.1) is 0 Å². The van der Waals surface area contributed by atoms with Gasteiger partial charge in [0, 0.05) is 26.3 Å². The number of amides is 1. The quantitative estimate of drug-likeness (QED) is 0.515. The van der Waals surface area contributed by atoms with E-state index in [2.05, 4.69) is 10.8 Å². The third-order valence-electron chi connectivity index (χ3n) is 5.90. The maximum absolute atomic E-state index is 13.4. The van der Waals surface area contributed by atoms with Gasteiger partial charge < -0.3 is 9.47 Å². The van der Waals surface area contributed by atoms with Crippen molar-refractivity contribution in [1.82, 2.24) is 14.2 Å². The van der Waals surface area contributed by atoms with Crippen LogP contribution in [0, 0.1) is 11.3 Å². The first-order valence-corrected chi connectivity index (χ1v) is 12.5. The Morgan fingerprint density at radius 3 is 2.74 bits per heavy atom. The first-order chi connectivity index (χ1) is 16.4. The van der Waals surface area contributed by atoms with E-state index < -0.39 is 16.1 Å². The van der Waals surface area contributed by atoms with E-state index in [0.29, 0.717) is 25.2 Å². The van der Waals surface area contributed by atoms with Crippen LogP contribution >= 0.6 is 0 Å². The molecule has 1 aliphatic carbocycles. The number of nitriles is 1. The number of carbonyl (C=O) groups is 1. The lowest BCUT2D eigenvalue weighted by atomic mass is 10.1. The molecule has 0 spiro atoms. The zero-order valence-corrected chi connectivity index (χ0v) is 19.7. The van der Waals surface area contributed by atoms with E-state index in [1.807, 2.05) is 42.5 Å². The van der Waals surface area contributed by atoms with Crippen molar-refractivity contribution >= 4 is 22.0 Å². The third kappa shape index (κ3) is 5.28. The summed E-state index contributed by atoms with van der Waals surface area (Å²) in [5, 5.41) is 9.28. The number of likely N-dealkylation sites (N-methyl/N-ethyl adjacent to an activating group) is 1. The number of aryl methyl sites for hydroxylation is 1. The van der Waals surface area contributed by atoms with Crippen LogP contribution in [0.1, 0.15) is 28.8 Å². The Bertz CT molecular complexity index is 1350. The normalized spacial score (nSPS) is 13.3. The summed E-state index contributed by atoms with van der Waals surface area (Å²) in [6.07, 6.45) is 6.59. The summed E-state index contributed by atoms with van der Waals surface area (Å²) in [6, 6.07) is 19.1. The molecule has 4 rings (SSSR count). The summed E-state index contributed by atoms with van der Waals surface area (Å²) in [7, 11) is -2.28. The zero-order chi connectivity index (χ0) is 24.1. The van der Waals surface area contributed by atoms with Crippen molar-refractivity contribution < 1.29 is 13.2 Å². The zero-order valence-electron chi connectivity index (χ0n) is 18.9. The maximum atomic E-state index is 13.4. The number of hydrogen-bond acceptors (Lipinski definition) is 4. The first-order valence-electron chi connectivity index (χ1n) is 11.0. The van der Waals surface area contributed by atoms with Crippen molar-refractivity contribution in [3.05, 3.63) is 95.3 Å². The molecule has 174 valence electrons. The van der Waals surface area contributed by atoms with E-state index in [1.54, 1.807) is 48.1 Å². The molecule has 2 aromatic carbocycles. The largest absolute Gasteiger partial charge is 0.340 e. The van der Waals surface area contributed by atoms with Gasteiger partial charge in [0.2, 0.25) is 15.9 Å². The monoisotopic (exact) mass is 474 g/mol. The van der Waals surface area contributed by atoms with E-state index >= 15 is 0 Å². The van der Waals surface area contributed by atoms with Crippen molar-refractivity contribution in [3.63, 3.8) is 0 Å². The van der Waals surface area contributed by atoms with Gasteiger partial charge in [0.15, 0.2) is 0 Å². The van der Waals surface area contributed by atoms with E-state index in [4.69, 9.17) is 0 Å². The van der Waals surface area contributed by atoms with Gasteiger partial charge in [-0.25, -0.2) is 8.42 Å². The van der Waals surface area contributed by atoms with Crippen molar-refractivity contribution in [2.45, 2.75) is 36.9 Å². The number of benzene rings is 2. The Morgan fingerprint density at radius 2 is 1.97 bits per heavy atom. The second-order valence-electron chi connectivity index (χ2n) is 8.31. The first kappa shape index (κ1) is 23.5. The minimum atomic E-state index is -3.94. The highest BCUT2D eigenvalue weighted by molar-refractivity contribution is 7.89. The van der Waals surface area contributed by atoms with Crippen LogP contribution in [0.5, 0.6) is 0 Å². The number of aromatic nitrogens is 1. The van der Waals surface area contributed by atoms with Crippen molar-refractivity contribution in [2.75, 3.05) is 7.05 Å². The van der Waals surface area contributed by atoms with Gasteiger partial charge in [-0.2, -0.15) is 9.98 Å². The van der Waals surface area contributed by atoms with E-state index in [-0.39, 0.29) is 17.2 Å². The van der Waals surface area contributed by atoms with E-state index in [1.165, 1.54) is 4.90 Å². The van der Waals surface area contributed by atoms with Crippen LogP contribution in [0.4, 0.5) is 0 Å². The fourth-order valence-corrected chi connectivity index (χ4v) is 5.34. The average Bonchev–Trinajstić information content (AvgIpc) is 3.50. The number of hydrogen-bond donors (Lipinski definition) is 1. The SMILES string of the molecule is CN(Cc1ccccc1)C(=O)C(CCn1cccc1C#N)NS(=O)(=O)c1ccc2c(c1)CC=C2. The molecule has 3 aromatic rings. The summed E-state index contributed by atoms with van der Waals surface area (Å²) in [6.45, 7) is 0.678. The molecule has 1 heterocycles. The fraction of sp³-hybridized carbons (Fsp3) is 0.231. The predicted octanol–water partition coefficient (Wildman–Crippen LogP) is 3.32. The molecule has 0 saturated carbocycles. The number of allylic oxidation sites excluding steroid dienone is 1. The lowest BCUT2D eigenvalue weighted by Crippen LogP contribution is -2.47. The van der Waals surface area contributed by atoms with Crippen LogP contribution < -0.4 is 4.72 Å². The molecule has 1 aromatic heterocycles. The molecule has 1 N–H and O–H groups in total. The fourth-order valence-electron chi connectivity index (χ4n) is 4.07. The molecule has 0 fully saturated rings. The molecule has 0 bridgehead atoms. The van der Waals surface area contributed by atoms with Crippen LogP contribution in [-0.2, 0) is 34.3 Å². The van der Waals surface area contributed by atoms with Crippen LogP contribution in [0.25, 0.3) is 6.08 Å². The summed E-state index contributed by atoms with van der Waals surface area (Å²) < 4.78 is 30.8. The topological polar surface area (TPSA) is 95.2 Å². The van der Waals surface area contributed by atoms with Gasteiger partial charge in [0.1, 0.15) is 17.8 Å². The smallest absolute Gasteiger partial charge is 0.241 e. The Balaban J connectivity index is 1.56. The molecular formula is C26H26N4O3S. The maximum Gasteiger partial charge on any atom is 0.241 e. The third-order valence-corrected chi connectivity index (χ3v) is 7.37. The van der Waals surface area contributed by atoms with Crippen molar-refractivity contribution in [3.8, 4) is 6.07 Å². The molecular weight excluding hydrogens is 448 g/mol. The number of nitrogens with one attached hydrogen (secondary N) is 1. The Labute approximate surface area is 200 Å². The van der Waals surface area contributed by atoms with Gasteiger partial charge >= 0.3 is 0 Å². The summed E-state index contributed by atoms with van der Waals surface area (Å²) in [5.74, 6) is -0.332. The molecule has 0 aliphatic heterocycles. The standard InChI is InChI=1S/C26H26N4O3S/c1-29(19-20-7-3-2-4-8-20)26(31)25(14-16-30-15-6-11-23(30)18-27)28-34(32,33)24-13-12-21-9-5-10-22(21)17-24/h2-9,11-13,15,17,25,28H,10,14,16,19H2,1H3. The van der Waals surface area contributed by atoms with Crippen LogP contribution in [-0.4, -0.2) is 36.9 Å². The van der Waals surface area contributed by atoms with Gasteiger partial charge in [-0.3, -0.25) is 4.79 Å².